The number of nitrogens with one attached hydrogen (secondary N) is 1. The zero-order valence-electron chi connectivity index (χ0n) is 32.0. The lowest BCUT2D eigenvalue weighted by Crippen LogP contribution is -2.60. The first-order valence-corrected chi connectivity index (χ1v) is 23.1. The van der Waals surface area contributed by atoms with Crippen molar-refractivity contribution in [3.05, 3.63) is 0 Å². The van der Waals surface area contributed by atoms with Crippen LogP contribution in [0.2, 0.25) is 0 Å². The molecule has 1 fully saturated rings. The molecule has 294 valence electrons. The van der Waals surface area contributed by atoms with Gasteiger partial charge in [0.15, 0.2) is 6.29 Å². The average Bonchev–Trinajstić information content (AvgIpc) is 3.06. The van der Waals surface area contributed by atoms with Crippen LogP contribution in [0.4, 0.5) is 0 Å². The Hall–Kier alpha value is -0.460. The number of carbonyl (C=O) groups is 1. The summed E-state index contributed by atoms with van der Waals surface area (Å²) in [6.07, 6.45) is 28.8. The molecule has 6 N–H and O–H groups in total. The summed E-state index contributed by atoms with van der Waals surface area (Å²) >= 11 is 0. The molecule has 49 heavy (non-hydrogen) atoms. The van der Waals surface area contributed by atoms with Gasteiger partial charge in [0.25, 0.3) is 0 Å². The first-order chi connectivity index (χ1) is 23.5. The summed E-state index contributed by atoms with van der Waals surface area (Å²) in [6.45, 7) is 1.24. The molecule has 1 aliphatic heterocycles. The maximum atomic E-state index is 12.6. The predicted molar refractivity (Wildman–Crippen MR) is 204 cm³/mol. The molecule has 1 rings (SSSR count). The maximum Gasteiger partial charge on any atom is 0.220 e. The number of aliphatic hydroxyl groups excluding tert-OH is 5. The van der Waals surface area contributed by atoms with Gasteiger partial charge in [-0.15, -0.1) is 0 Å². The minimum atomic E-state index is -1.54. The Morgan fingerprint density at radius 1 is 0.694 bits per heavy atom. The van der Waals surface area contributed by atoms with Gasteiger partial charge in [-0.2, -0.15) is 0 Å². The standard InChI is InChI=1S/C39H79NO8S/c1-5-27-33(42)32(31-47-39-38(46)37(45)36(44)34(30-41)48-39)40-35(43)28-25-23-21-19-17-15-13-11-9-7-6-8-10-12-14-16-18-20-22-24-26-29-49(2,3)4/h32-34,36-39,41-42,44-46H,5-31H2,1-4H3,(H,40,43)/t32-,33+,34?,36?,37?,38?,39?/m0/s1. The van der Waals surface area contributed by atoms with Crippen molar-refractivity contribution in [2.24, 2.45) is 0 Å². The van der Waals surface area contributed by atoms with Crippen LogP contribution >= 0.6 is 10.0 Å². The molecule has 0 aromatic rings. The summed E-state index contributed by atoms with van der Waals surface area (Å²) in [5.74, 6) is 1.28. The van der Waals surface area contributed by atoms with Crippen LogP contribution in [0.25, 0.3) is 0 Å². The van der Waals surface area contributed by atoms with E-state index in [4.69, 9.17) is 9.47 Å². The van der Waals surface area contributed by atoms with Gasteiger partial charge in [-0.25, -0.2) is 10.0 Å². The highest BCUT2D eigenvalue weighted by Crippen LogP contribution is 2.35. The van der Waals surface area contributed by atoms with Crippen molar-refractivity contribution in [2.45, 2.75) is 204 Å². The van der Waals surface area contributed by atoms with Crippen LogP contribution in [0.5, 0.6) is 0 Å². The zero-order chi connectivity index (χ0) is 36.3. The summed E-state index contributed by atoms with van der Waals surface area (Å²) in [4.78, 5) is 12.6. The second kappa shape index (κ2) is 29.0. The summed E-state index contributed by atoms with van der Waals surface area (Å²) in [7, 11) is -0.298. The molecule has 5 unspecified atom stereocenters. The van der Waals surface area contributed by atoms with E-state index in [1.165, 1.54) is 121 Å². The number of aliphatic hydroxyl groups is 5. The van der Waals surface area contributed by atoms with Crippen LogP contribution in [-0.4, -0.2) is 112 Å². The van der Waals surface area contributed by atoms with Crippen LogP contribution in [-0.2, 0) is 14.3 Å². The molecule has 0 radical (unpaired) electrons. The summed E-state index contributed by atoms with van der Waals surface area (Å²) in [5, 5.41) is 53.0. The Morgan fingerprint density at radius 3 is 1.53 bits per heavy atom. The Balaban J connectivity index is 1.99. The number of carbonyl (C=O) groups excluding carboxylic acids is 1. The monoisotopic (exact) mass is 722 g/mol. The van der Waals surface area contributed by atoms with Gasteiger partial charge < -0.3 is 40.3 Å². The Kier molecular flexibility index (Phi) is 27.6. The van der Waals surface area contributed by atoms with Crippen molar-refractivity contribution in [1.82, 2.24) is 5.32 Å². The second-order valence-corrected chi connectivity index (χ2v) is 20.1. The zero-order valence-corrected chi connectivity index (χ0v) is 32.8. The lowest BCUT2D eigenvalue weighted by molar-refractivity contribution is -0.302. The van der Waals surface area contributed by atoms with E-state index < -0.39 is 49.5 Å². The Morgan fingerprint density at radius 2 is 1.12 bits per heavy atom. The first-order valence-electron chi connectivity index (χ1n) is 20.1. The van der Waals surface area contributed by atoms with Gasteiger partial charge in [0.05, 0.1) is 25.4 Å². The Labute approximate surface area is 302 Å². The quantitative estimate of drug-likeness (QED) is 0.0420. The van der Waals surface area contributed by atoms with Crippen LogP contribution in [0.3, 0.4) is 0 Å². The SMILES string of the molecule is CCC[C@@H](O)[C@H](COC1OC(CO)C(O)C(O)C1O)NC(=O)CCCCCCCCCCCCCCCCCCCCCCCS(C)(C)C. The fourth-order valence-corrected chi connectivity index (χ4v) is 7.68. The van der Waals surface area contributed by atoms with Gasteiger partial charge in [0.1, 0.15) is 24.4 Å². The van der Waals surface area contributed by atoms with Crippen molar-refractivity contribution >= 4 is 15.9 Å². The third kappa shape index (κ3) is 23.7. The van der Waals surface area contributed by atoms with Crippen molar-refractivity contribution in [1.29, 1.82) is 0 Å². The first kappa shape index (κ1) is 46.6. The van der Waals surface area contributed by atoms with Gasteiger partial charge in [-0.05, 0) is 43.8 Å². The minimum Gasteiger partial charge on any atom is -0.394 e. The Bertz CT molecular complexity index is 783. The van der Waals surface area contributed by atoms with Crippen LogP contribution in [0, 0.1) is 0 Å². The van der Waals surface area contributed by atoms with Crippen molar-refractivity contribution in [2.75, 3.05) is 37.7 Å². The third-order valence-corrected chi connectivity index (χ3v) is 11.4. The highest BCUT2D eigenvalue weighted by molar-refractivity contribution is 8.32. The molecule has 0 aliphatic carbocycles. The molecule has 10 heteroatoms. The van der Waals surface area contributed by atoms with E-state index in [1.54, 1.807) is 0 Å². The third-order valence-electron chi connectivity index (χ3n) is 9.84. The average molecular weight is 722 g/mol. The molecule has 0 aromatic carbocycles. The molecule has 1 heterocycles. The topological polar surface area (TPSA) is 149 Å². The fourth-order valence-electron chi connectivity index (χ4n) is 6.61. The van der Waals surface area contributed by atoms with Gasteiger partial charge in [-0.1, -0.05) is 135 Å². The number of hydrogen-bond donors (Lipinski definition) is 6. The molecule has 7 atom stereocenters. The number of unbranched alkanes of at least 4 members (excludes halogenated alkanes) is 20. The molecular weight excluding hydrogens is 642 g/mol. The maximum absolute atomic E-state index is 12.6. The minimum absolute atomic E-state index is 0.144. The molecule has 0 saturated carbocycles. The number of hydrogen-bond acceptors (Lipinski definition) is 8. The fraction of sp³-hybridized carbons (Fsp3) is 0.974. The van der Waals surface area contributed by atoms with Crippen LogP contribution in [0.15, 0.2) is 0 Å². The van der Waals surface area contributed by atoms with E-state index in [0.717, 1.165) is 19.3 Å². The second-order valence-electron chi connectivity index (χ2n) is 15.5. The summed E-state index contributed by atoms with van der Waals surface area (Å²) < 4.78 is 11.0. The highest BCUT2D eigenvalue weighted by atomic mass is 32.3. The molecule has 1 amide bonds. The van der Waals surface area contributed by atoms with E-state index in [9.17, 15) is 30.3 Å². The number of ether oxygens (including phenoxy) is 2. The molecule has 0 bridgehead atoms. The molecule has 9 nitrogen and oxygen atoms in total. The molecule has 1 aliphatic rings. The summed E-state index contributed by atoms with van der Waals surface area (Å²) in [6, 6.07) is -0.710. The number of rotatable bonds is 32. The lowest BCUT2D eigenvalue weighted by atomic mass is 9.99. The van der Waals surface area contributed by atoms with Crippen molar-refractivity contribution < 1.29 is 39.8 Å². The van der Waals surface area contributed by atoms with E-state index >= 15 is 0 Å². The summed E-state index contributed by atoms with van der Waals surface area (Å²) in [5.41, 5.74) is 0. The highest BCUT2D eigenvalue weighted by Gasteiger charge is 2.44. The van der Waals surface area contributed by atoms with E-state index in [2.05, 4.69) is 24.1 Å². The molecule has 0 aromatic heterocycles. The smallest absolute Gasteiger partial charge is 0.220 e. The van der Waals surface area contributed by atoms with Crippen molar-refractivity contribution in [3.8, 4) is 0 Å². The van der Waals surface area contributed by atoms with Crippen molar-refractivity contribution in [3.63, 3.8) is 0 Å². The molecule has 1 saturated heterocycles. The molecule has 0 spiro atoms. The predicted octanol–water partition coefficient (Wildman–Crippen LogP) is 6.72. The van der Waals surface area contributed by atoms with Gasteiger partial charge in [0.2, 0.25) is 5.91 Å². The van der Waals surface area contributed by atoms with Crippen LogP contribution in [0.1, 0.15) is 161 Å². The van der Waals surface area contributed by atoms with Gasteiger partial charge in [-0.3, -0.25) is 4.79 Å². The van der Waals surface area contributed by atoms with E-state index in [0.29, 0.717) is 19.3 Å². The van der Waals surface area contributed by atoms with Crippen LogP contribution < -0.4 is 5.32 Å². The van der Waals surface area contributed by atoms with E-state index in [1.807, 2.05) is 6.92 Å². The lowest BCUT2D eigenvalue weighted by Gasteiger charge is -2.40. The largest absolute Gasteiger partial charge is 0.394 e. The van der Waals surface area contributed by atoms with E-state index in [-0.39, 0.29) is 22.5 Å². The molecular formula is C39H79NO8S. The van der Waals surface area contributed by atoms with Gasteiger partial charge in [0, 0.05) is 6.42 Å². The number of amides is 1. The normalized spacial score (nSPS) is 23.0. The van der Waals surface area contributed by atoms with Gasteiger partial charge >= 0.3 is 0 Å².